The molecule has 0 radical (unpaired) electrons. The highest BCUT2D eigenvalue weighted by molar-refractivity contribution is 6.12. The Balaban J connectivity index is 1.14. The fourth-order valence-electron chi connectivity index (χ4n) is 10.1. The molecular weight excluding hydrogens is 917 g/mol. The lowest BCUT2D eigenvalue weighted by atomic mass is 9.90. The summed E-state index contributed by atoms with van der Waals surface area (Å²) in [5, 5.41) is 14.2. The molecule has 0 fully saturated rings. The van der Waals surface area contributed by atoms with Gasteiger partial charge in [-0.15, -0.1) is 0 Å². The molecule has 8 aromatic carbocycles. The molecule has 4 aromatic heterocycles. The first-order valence-corrected chi connectivity index (χ1v) is 22.9. The summed E-state index contributed by atoms with van der Waals surface area (Å²) in [6.45, 7) is 0. The quantitative estimate of drug-likeness (QED) is 0.150. The zero-order valence-electron chi connectivity index (χ0n) is 37.7. The minimum atomic E-state index is -5.22. The number of nitriles is 1. The molecule has 0 atom stereocenters. The van der Waals surface area contributed by atoms with Crippen LogP contribution in [0, 0.1) is 11.3 Å². The Morgan fingerprint density at radius 2 is 0.806 bits per heavy atom. The van der Waals surface area contributed by atoms with Crippen LogP contribution in [0.5, 0.6) is 0 Å². The first kappa shape index (κ1) is 44.0. The van der Waals surface area contributed by atoms with Crippen molar-refractivity contribution in [3.63, 3.8) is 0 Å². The SMILES string of the molecule is N#Cc1cc(-n2c3ccccc3c3ccc(-c4ccc(-c5ccccc5)nc4)cc32)c(-c2c(C(F)(F)F)cccc2C(F)(F)F)cc1-n1c2ccccc2c2ccc(-c3ccc(-c4ccccc4)nc3)cc21. The van der Waals surface area contributed by atoms with Gasteiger partial charge in [-0.05, 0) is 71.8 Å². The Hall–Kier alpha value is -9.27. The standard InChI is InChI=1S/C61H35F6N5/c62-60(63,64)49-18-11-19-50(61(65,66)67)59(49)48-33-55(71-53-20-9-7-16-44(53)46-26-22-39(30-56(46)71)41-24-28-51(69-35-41)37-12-3-1-4-13-37)43(34-68)32-58(48)72-54-21-10-8-17-45(54)47-27-23-40(31-57(47)72)42-25-29-52(70-36-42)38-14-5-2-6-15-38/h1-33,35-36H. The lowest BCUT2D eigenvalue weighted by molar-refractivity contribution is -0.142. The highest BCUT2D eigenvalue weighted by Gasteiger charge is 2.42. The molecule has 4 heterocycles. The summed E-state index contributed by atoms with van der Waals surface area (Å²) in [7, 11) is 0. The average molecular weight is 952 g/mol. The van der Waals surface area contributed by atoms with E-state index in [4.69, 9.17) is 9.97 Å². The zero-order valence-corrected chi connectivity index (χ0v) is 37.7. The maximum Gasteiger partial charge on any atom is 0.417 e. The fourth-order valence-corrected chi connectivity index (χ4v) is 10.1. The van der Waals surface area contributed by atoms with Crippen LogP contribution in [0.25, 0.3) is 111 Å². The number of fused-ring (bicyclic) bond motifs is 6. The van der Waals surface area contributed by atoms with Gasteiger partial charge >= 0.3 is 12.4 Å². The van der Waals surface area contributed by atoms with Crippen molar-refractivity contribution in [1.29, 1.82) is 5.26 Å². The Kier molecular flexibility index (Phi) is 10.4. The molecule has 0 aliphatic rings. The maximum atomic E-state index is 15.5. The van der Waals surface area contributed by atoms with Gasteiger partial charge in [0.1, 0.15) is 6.07 Å². The van der Waals surface area contributed by atoms with Crippen molar-refractivity contribution < 1.29 is 26.3 Å². The fraction of sp³-hybridized carbons (Fsp3) is 0.0328. The molecule has 12 rings (SSSR count). The Bertz CT molecular complexity index is 4080. The number of benzene rings is 8. The number of halogens is 6. The largest absolute Gasteiger partial charge is 0.417 e. The van der Waals surface area contributed by atoms with Gasteiger partial charge in [0.2, 0.25) is 0 Å². The van der Waals surface area contributed by atoms with Crippen molar-refractivity contribution in [2.24, 2.45) is 0 Å². The van der Waals surface area contributed by atoms with Crippen LogP contribution in [0.4, 0.5) is 26.3 Å². The topological polar surface area (TPSA) is 59.4 Å². The molecule has 72 heavy (non-hydrogen) atoms. The number of hydrogen-bond acceptors (Lipinski definition) is 3. The smallest absolute Gasteiger partial charge is 0.309 e. The molecule has 0 N–H and O–H groups in total. The number of para-hydroxylation sites is 2. The zero-order chi connectivity index (χ0) is 49.3. The first-order valence-electron chi connectivity index (χ1n) is 22.9. The van der Waals surface area contributed by atoms with Crippen molar-refractivity contribution in [2.75, 3.05) is 0 Å². The van der Waals surface area contributed by atoms with Gasteiger partial charge < -0.3 is 9.13 Å². The van der Waals surface area contributed by atoms with Crippen LogP contribution >= 0.6 is 0 Å². The van der Waals surface area contributed by atoms with Crippen LogP contribution in [0.3, 0.4) is 0 Å². The van der Waals surface area contributed by atoms with Gasteiger partial charge in [0, 0.05) is 67.3 Å². The number of alkyl halides is 6. The molecule has 12 aromatic rings. The van der Waals surface area contributed by atoms with Crippen LogP contribution < -0.4 is 0 Å². The van der Waals surface area contributed by atoms with E-state index >= 15 is 26.3 Å². The molecule has 346 valence electrons. The van der Waals surface area contributed by atoms with Crippen molar-refractivity contribution in [3.8, 4) is 73.3 Å². The number of nitrogens with zero attached hydrogens (tertiary/aromatic N) is 5. The van der Waals surface area contributed by atoms with E-state index in [9.17, 15) is 5.26 Å². The lowest BCUT2D eigenvalue weighted by Crippen LogP contribution is -2.15. The lowest BCUT2D eigenvalue weighted by Gasteiger charge is -2.24. The number of aromatic nitrogens is 4. The predicted octanol–water partition coefficient (Wildman–Crippen LogP) is 16.9. The van der Waals surface area contributed by atoms with Crippen LogP contribution in [0.15, 0.2) is 213 Å². The van der Waals surface area contributed by atoms with Crippen molar-refractivity contribution in [1.82, 2.24) is 19.1 Å². The van der Waals surface area contributed by atoms with E-state index in [2.05, 4.69) is 6.07 Å². The molecule has 0 bridgehead atoms. The minimum Gasteiger partial charge on any atom is -0.309 e. The third kappa shape index (κ3) is 7.43. The van der Waals surface area contributed by atoms with Crippen LogP contribution in [0.2, 0.25) is 0 Å². The van der Waals surface area contributed by atoms with E-state index in [1.165, 1.54) is 12.1 Å². The molecule has 0 saturated heterocycles. The minimum absolute atomic E-state index is 0.0107. The van der Waals surface area contributed by atoms with E-state index in [0.29, 0.717) is 50.5 Å². The molecular formula is C61H35F6N5. The van der Waals surface area contributed by atoms with E-state index in [1.54, 1.807) is 39.7 Å². The summed E-state index contributed by atoms with van der Waals surface area (Å²) in [4.78, 5) is 9.46. The summed E-state index contributed by atoms with van der Waals surface area (Å²) >= 11 is 0. The Labute approximate surface area is 407 Å². The van der Waals surface area contributed by atoms with Gasteiger partial charge in [0.15, 0.2) is 0 Å². The molecule has 0 amide bonds. The van der Waals surface area contributed by atoms with E-state index < -0.39 is 29.0 Å². The first-order chi connectivity index (χ1) is 34.9. The predicted molar refractivity (Wildman–Crippen MR) is 273 cm³/mol. The molecule has 0 unspecified atom stereocenters. The van der Waals surface area contributed by atoms with Gasteiger partial charge in [0.05, 0.1) is 61.5 Å². The van der Waals surface area contributed by atoms with Gasteiger partial charge in [-0.2, -0.15) is 31.6 Å². The Morgan fingerprint density at radius 1 is 0.375 bits per heavy atom. The third-order valence-corrected chi connectivity index (χ3v) is 13.3. The summed E-state index contributed by atoms with van der Waals surface area (Å²) in [6.07, 6.45) is -6.96. The number of rotatable bonds is 7. The second kappa shape index (κ2) is 17.0. The van der Waals surface area contributed by atoms with E-state index in [1.807, 2.05) is 152 Å². The van der Waals surface area contributed by atoms with Crippen molar-refractivity contribution in [3.05, 3.63) is 229 Å². The molecule has 0 aliphatic carbocycles. The monoisotopic (exact) mass is 951 g/mol. The maximum absolute atomic E-state index is 15.5. The normalized spacial score (nSPS) is 12.0. The van der Waals surface area contributed by atoms with Gasteiger partial charge in [-0.1, -0.05) is 140 Å². The highest BCUT2D eigenvalue weighted by Crippen LogP contribution is 2.49. The summed E-state index contributed by atoms with van der Waals surface area (Å²) in [5.41, 5.74) is 4.16. The van der Waals surface area contributed by atoms with Crippen molar-refractivity contribution in [2.45, 2.75) is 12.4 Å². The summed E-state index contributed by atoms with van der Waals surface area (Å²) in [5.74, 6) is 0. The Morgan fingerprint density at radius 3 is 1.25 bits per heavy atom. The summed E-state index contributed by atoms with van der Waals surface area (Å²) in [6, 6.07) is 60.2. The molecule has 11 heteroatoms. The van der Waals surface area contributed by atoms with Crippen LogP contribution in [0.1, 0.15) is 16.7 Å². The third-order valence-electron chi connectivity index (χ3n) is 13.3. The van der Waals surface area contributed by atoms with Gasteiger partial charge in [-0.3, -0.25) is 9.97 Å². The summed E-state index contributed by atoms with van der Waals surface area (Å²) < 4.78 is 96.3. The van der Waals surface area contributed by atoms with Crippen molar-refractivity contribution >= 4 is 43.6 Å². The average Bonchev–Trinajstić information content (AvgIpc) is 3.92. The van der Waals surface area contributed by atoms with Gasteiger partial charge in [0.25, 0.3) is 0 Å². The second-order valence-electron chi connectivity index (χ2n) is 17.5. The molecule has 0 saturated carbocycles. The van der Waals surface area contributed by atoms with E-state index in [0.717, 1.165) is 56.0 Å². The molecule has 0 aliphatic heterocycles. The van der Waals surface area contributed by atoms with E-state index in [-0.39, 0.29) is 22.5 Å². The number of hydrogen-bond donors (Lipinski definition) is 0. The highest BCUT2D eigenvalue weighted by atomic mass is 19.4. The molecule has 5 nitrogen and oxygen atoms in total. The second-order valence-corrected chi connectivity index (χ2v) is 17.5. The van der Waals surface area contributed by atoms with Crippen LogP contribution in [-0.4, -0.2) is 19.1 Å². The van der Waals surface area contributed by atoms with Gasteiger partial charge in [-0.25, -0.2) is 0 Å². The van der Waals surface area contributed by atoms with Crippen LogP contribution in [-0.2, 0) is 12.4 Å². The number of pyridine rings is 2. The molecule has 0 spiro atoms.